The summed E-state index contributed by atoms with van der Waals surface area (Å²) in [6, 6.07) is 13.6. The maximum absolute atomic E-state index is 12.3. The lowest BCUT2D eigenvalue weighted by Gasteiger charge is -2.08. The molecule has 0 amide bonds. The van der Waals surface area contributed by atoms with Crippen molar-refractivity contribution < 1.29 is 18.7 Å². The van der Waals surface area contributed by atoms with Gasteiger partial charge in [0.1, 0.15) is 17.1 Å². The van der Waals surface area contributed by atoms with Crippen molar-refractivity contribution in [3.63, 3.8) is 0 Å². The number of carbonyl (C=O) groups is 1. The number of Topliss-reactive ketones (excluding diaryl/α,β-unsaturated/α-hetero) is 1. The molecule has 0 bridgehead atoms. The lowest BCUT2D eigenvalue weighted by Crippen LogP contribution is -2.11. The first-order chi connectivity index (χ1) is 12.1. The van der Waals surface area contributed by atoms with Crippen LogP contribution in [0.25, 0.3) is 11.0 Å². The van der Waals surface area contributed by atoms with Gasteiger partial charge in [-0.25, -0.2) is 4.79 Å². The van der Waals surface area contributed by atoms with Crippen molar-refractivity contribution in [2.24, 2.45) is 0 Å². The van der Waals surface area contributed by atoms with Gasteiger partial charge in [-0.15, -0.1) is 0 Å². The standard InChI is InChI=1S/C20H18O5/c1-3-13-10-20(22)25-19-11-16(7-8-17(13)19)24-12-18(21)14-5-4-6-15(9-14)23-2/h4-11H,3,12H2,1-2H3. The Morgan fingerprint density at radius 1 is 1.08 bits per heavy atom. The van der Waals surface area contributed by atoms with Crippen molar-refractivity contribution in [1.29, 1.82) is 0 Å². The number of hydrogen-bond donors (Lipinski definition) is 0. The Kier molecular flexibility index (Phi) is 4.84. The highest BCUT2D eigenvalue weighted by Gasteiger charge is 2.10. The Bertz CT molecular complexity index is 971. The van der Waals surface area contributed by atoms with Gasteiger partial charge in [0.25, 0.3) is 0 Å². The normalized spacial score (nSPS) is 10.6. The van der Waals surface area contributed by atoms with E-state index in [-0.39, 0.29) is 12.4 Å². The minimum Gasteiger partial charge on any atom is -0.497 e. The first kappa shape index (κ1) is 16.8. The van der Waals surface area contributed by atoms with Gasteiger partial charge in [0.15, 0.2) is 12.4 Å². The van der Waals surface area contributed by atoms with Crippen LogP contribution in [0.5, 0.6) is 11.5 Å². The maximum Gasteiger partial charge on any atom is 0.336 e. The third kappa shape index (κ3) is 3.71. The van der Waals surface area contributed by atoms with Gasteiger partial charge in [0.05, 0.1) is 7.11 Å². The zero-order chi connectivity index (χ0) is 17.8. The molecule has 0 atom stereocenters. The van der Waals surface area contributed by atoms with Crippen molar-refractivity contribution in [3.05, 3.63) is 70.1 Å². The predicted molar refractivity (Wildman–Crippen MR) is 94.7 cm³/mol. The number of hydrogen-bond acceptors (Lipinski definition) is 5. The average Bonchev–Trinajstić information content (AvgIpc) is 2.65. The fourth-order valence-electron chi connectivity index (χ4n) is 2.62. The molecule has 0 radical (unpaired) electrons. The lowest BCUT2D eigenvalue weighted by atomic mass is 10.1. The molecule has 0 aliphatic heterocycles. The van der Waals surface area contributed by atoms with Crippen LogP contribution in [0, 0.1) is 0 Å². The molecule has 0 aliphatic rings. The van der Waals surface area contributed by atoms with E-state index in [4.69, 9.17) is 13.9 Å². The SMILES string of the molecule is CCc1cc(=O)oc2cc(OCC(=O)c3cccc(OC)c3)ccc12. The summed E-state index contributed by atoms with van der Waals surface area (Å²) in [6.07, 6.45) is 0.733. The minimum atomic E-state index is -0.394. The number of ketones is 1. The molecule has 0 fully saturated rings. The number of benzene rings is 2. The molecule has 1 heterocycles. The second kappa shape index (κ2) is 7.21. The lowest BCUT2D eigenvalue weighted by molar-refractivity contribution is 0.0921. The molecule has 0 spiro atoms. The topological polar surface area (TPSA) is 65.7 Å². The van der Waals surface area contributed by atoms with Crippen molar-refractivity contribution in [1.82, 2.24) is 0 Å². The van der Waals surface area contributed by atoms with E-state index in [0.717, 1.165) is 17.4 Å². The summed E-state index contributed by atoms with van der Waals surface area (Å²) in [5.74, 6) is 0.924. The van der Waals surface area contributed by atoms with Gasteiger partial charge in [0, 0.05) is 23.1 Å². The Morgan fingerprint density at radius 2 is 1.92 bits per heavy atom. The largest absolute Gasteiger partial charge is 0.497 e. The maximum atomic E-state index is 12.3. The molecule has 0 unspecified atom stereocenters. The number of aryl methyl sites for hydroxylation is 1. The molecule has 0 saturated carbocycles. The highest BCUT2D eigenvalue weighted by Crippen LogP contribution is 2.23. The minimum absolute atomic E-state index is 0.115. The molecule has 0 aliphatic carbocycles. The van der Waals surface area contributed by atoms with Crippen LogP contribution in [0.3, 0.4) is 0 Å². The number of fused-ring (bicyclic) bond motifs is 1. The summed E-state index contributed by atoms with van der Waals surface area (Å²) >= 11 is 0. The Labute approximate surface area is 144 Å². The van der Waals surface area contributed by atoms with E-state index in [0.29, 0.717) is 22.6 Å². The quantitative estimate of drug-likeness (QED) is 0.507. The highest BCUT2D eigenvalue weighted by atomic mass is 16.5. The first-order valence-corrected chi connectivity index (χ1v) is 7.97. The number of carbonyl (C=O) groups excluding carboxylic acids is 1. The summed E-state index contributed by atoms with van der Waals surface area (Å²) < 4.78 is 15.9. The van der Waals surface area contributed by atoms with Crippen LogP contribution in [-0.2, 0) is 6.42 Å². The fourth-order valence-corrected chi connectivity index (χ4v) is 2.62. The Balaban J connectivity index is 1.79. The molecule has 3 aromatic rings. The van der Waals surface area contributed by atoms with E-state index in [1.165, 1.54) is 6.07 Å². The number of ether oxygens (including phenoxy) is 2. The van der Waals surface area contributed by atoms with Gasteiger partial charge in [0.2, 0.25) is 0 Å². The smallest absolute Gasteiger partial charge is 0.336 e. The van der Waals surface area contributed by atoms with Crippen LogP contribution < -0.4 is 15.1 Å². The molecule has 5 heteroatoms. The van der Waals surface area contributed by atoms with Gasteiger partial charge in [-0.1, -0.05) is 19.1 Å². The van der Waals surface area contributed by atoms with Crippen molar-refractivity contribution >= 4 is 16.8 Å². The summed E-state index contributed by atoms with van der Waals surface area (Å²) in [4.78, 5) is 23.9. The van der Waals surface area contributed by atoms with Gasteiger partial charge < -0.3 is 13.9 Å². The molecule has 5 nitrogen and oxygen atoms in total. The summed E-state index contributed by atoms with van der Waals surface area (Å²) in [6.45, 7) is 1.86. The summed E-state index contributed by atoms with van der Waals surface area (Å²) in [5.41, 5.74) is 1.50. The van der Waals surface area contributed by atoms with Crippen molar-refractivity contribution in [2.75, 3.05) is 13.7 Å². The monoisotopic (exact) mass is 338 g/mol. The second-order valence-corrected chi connectivity index (χ2v) is 5.55. The second-order valence-electron chi connectivity index (χ2n) is 5.55. The molecule has 0 N–H and O–H groups in total. The van der Waals surface area contributed by atoms with E-state index in [1.807, 2.05) is 13.0 Å². The van der Waals surface area contributed by atoms with Crippen LogP contribution in [0.1, 0.15) is 22.8 Å². The van der Waals surface area contributed by atoms with Crippen molar-refractivity contribution in [3.8, 4) is 11.5 Å². The highest BCUT2D eigenvalue weighted by molar-refractivity contribution is 5.97. The van der Waals surface area contributed by atoms with Crippen LogP contribution >= 0.6 is 0 Å². The Hall–Kier alpha value is -3.08. The zero-order valence-corrected chi connectivity index (χ0v) is 14.1. The van der Waals surface area contributed by atoms with E-state index < -0.39 is 5.63 Å². The van der Waals surface area contributed by atoms with Crippen LogP contribution in [0.4, 0.5) is 0 Å². The molecule has 1 aromatic heterocycles. The van der Waals surface area contributed by atoms with Gasteiger partial charge in [-0.05, 0) is 36.2 Å². The van der Waals surface area contributed by atoms with Crippen LogP contribution in [-0.4, -0.2) is 19.5 Å². The van der Waals surface area contributed by atoms with Crippen molar-refractivity contribution in [2.45, 2.75) is 13.3 Å². The molecule has 25 heavy (non-hydrogen) atoms. The van der Waals surface area contributed by atoms with Gasteiger partial charge in [-0.3, -0.25) is 4.79 Å². The number of rotatable bonds is 6. The molecular weight excluding hydrogens is 320 g/mol. The van der Waals surface area contributed by atoms with Crippen LogP contribution in [0.15, 0.2) is 57.7 Å². The molecule has 0 saturated heterocycles. The zero-order valence-electron chi connectivity index (χ0n) is 14.1. The van der Waals surface area contributed by atoms with E-state index >= 15 is 0 Å². The predicted octanol–water partition coefficient (Wildman–Crippen LogP) is 3.63. The van der Waals surface area contributed by atoms with Gasteiger partial charge in [-0.2, -0.15) is 0 Å². The van der Waals surface area contributed by atoms with Crippen LogP contribution in [0.2, 0.25) is 0 Å². The van der Waals surface area contributed by atoms with E-state index in [2.05, 4.69) is 0 Å². The molecule has 3 rings (SSSR count). The van der Waals surface area contributed by atoms with E-state index in [1.54, 1.807) is 43.5 Å². The summed E-state index contributed by atoms with van der Waals surface area (Å²) in [5, 5.41) is 0.869. The van der Waals surface area contributed by atoms with Gasteiger partial charge >= 0.3 is 5.63 Å². The molecular formula is C20H18O5. The third-order valence-corrected chi connectivity index (χ3v) is 3.94. The Morgan fingerprint density at radius 3 is 2.68 bits per heavy atom. The third-order valence-electron chi connectivity index (χ3n) is 3.94. The summed E-state index contributed by atoms with van der Waals surface area (Å²) in [7, 11) is 1.55. The van der Waals surface area contributed by atoms with E-state index in [9.17, 15) is 9.59 Å². The molecule has 128 valence electrons. The number of methoxy groups -OCH3 is 1. The fraction of sp³-hybridized carbons (Fsp3) is 0.200. The molecule has 2 aromatic carbocycles. The average molecular weight is 338 g/mol. The first-order valence-electron chi connectivity index (χ1n) is 7.97.